The summed E-state index contributed by atoms with van der Waals surface area (Å²) in [5.74, 6) is 1.92. The summed E-state index contributed by atoms with van der Waals surface area (Å²) in [7, 11) is 0. The first-order valence-corrected chi connectivity index (χ1v) is 25.6. The maximum Gasteiger partial charge on any atom is 0.257 e. The van der Waals surface area contributed by atoms with E-state index in [4.69, 9.17) is 4.42 Å². The normalized spacial score (nSPS) is 16.7. The minimum atomic E-state index is -0.0655. The lowest BCUT2D eigenvalue weighted by Gasteiger charge is -2.47. The third-order valence-electron chi connectivity index (χ3n) is 16.5. The molecule has 1 unspecified atom stereocenters. The van der Waals surface area contributed by atoms with Gasteiger partial charge in [0, 0.05) is 39.2 Å². The van der Waals surface area contributed by atoms with Crippen molar-refractivity contribution in [2.75, 3.05) is 9.80 Å². The molecule has 3 heterocycles. The Balaban J connectivity index is 1.34. The number of hydrogen-bond donors (Lipinski definition) is 0. The highest BCUT2D eigenvalue weighted by Gasteiger charge is 2.49. The molecule has 350 valence electrons. The molecule has 0 saturated heterocycles. The predicted octanol–water partition coefficient (Wildman–Crippen LogP) is 16.5. The van der Waals surface area contributed by atoms with Gasteiger partial charge in [0.05, 0.1) is 5.69 Å². The van der Waals surface area contributed by atoms with Gasteiger partial charge >= 0.3 is 0 Å². The molecule has 2 aliphatic heterocycles. The first-order valence-electron chi connectivity index (χ1n) is 25.6. The van der Waals surface area contributed by atoms with E-state index in [2.05, 4.69) is 237 Å². The number of fused-ring (bicyclic) bond motifs is 7. The zero-order valence-electron chi connectivity index (χ0n) is 44.3. The summed E-state index contributed by atoms with van der Waals surface area (Å²) in [6.45, 7) is 40.0. The topological polar surface area (TPSA) is 19.6 Å². The van der Waals surface area contributed by atoms with Gasteiger partial charge in [0.25, 0.3) is 6.71 Å². The number of benzene rings is 6. The third-order valence-corrected chi connectivity index (χ3v) is 16.5. The third kappa shape index (κ3) is 7.46. The lowest BCUT2D eigenvalue weighted by Crippen LogP contribution is -2.61. The minimum Gasteiger partial charge on any atom is -0.440 e. The fourth-order valence-electron chi connectivity index (χ4n) is 11.6. The number of anilines is 6. The molecule has 7 aromatic rings. The van der Waals surface area contributed by atoms with Crippen molar-refractivity contribution >= 4 is 68.4 Å². The van der Waals surface area contributed by atoms with Crippen LogP contribution in [-0.2, 0) is 27.1 Å². The van der Waals surface area contributed by atoms with Crippen molar-refractivity contribution in [2.24, 2.45) is 5.92 Å². The molecule has 10 rings (SSSR count). The Morgan fingerprint density at radius 3 is 1.68 bits per heavy atom. The summed E-state index contributed by atoms with van der Waals surface area (Å²) in [4.78, 5) is 5.14. The zero-order chi connectivity index (χ0) is 48.8. The van der Waals surface area contributed by atoms with Crippen LogP contribution in [-0.4, -0.2) is 6.71 Å². The Morgan fingerprint density at radius 1 is 0.544 bits per heavy atom. The Kier molecular flexibility index (Phi) is 10.6. The van der Waals surface area contributed by atoms with Gasteiger partial charge in [-0.2, -0.15) is 0 Å². The molecule has 3 nitrogen and oxygen atoms in total. The van der Waals surface area contributed by atoms with Gasteiger partial charge in [-0.3, -0.25) is 4.90 Å². The number of nitrogens with zero attached hydrogens (tertiary/aromatic N) is 2. The molecular weight excluding hydrogens is 824 g/mol. The van der Waals surface area contributed by atoms with Crippen molar-refractivity contribution in [1.29, 1.82) is 0 Å². The summed E-state index contributed by atoms with van der Waals surface area (Å²) in [5.41, 5.74) is 22.9. The van der Waals surface area contributed by atoms with Gasteiger partial charge in [-0.25, -0.2) is 0 Å². The van der Waals surface area contributed by atoms with Crippen molar-refractivity contribution in [3.63, 3.8) is 0 Å². The van der Waals surface area contributed by atoms with Crippen LogP contribution in [0, 0.1) is 12.8 Å². The molecule has 0 radical (unpaired) electrons. The molecule has 1 atom stereocenters. The summed E-state index contributed by atoms with van der Waals surface area (Å²) in [6, 6.07) is 43.3. The number of furan rings is 1. The first-order chi connectivity index (χ1) is 31.7. The highest BCUT2D eigenvalue weighted by molar-refractivity contribution is 7.01. The Morgan fingerprint density at radius 2 is 1.09 bits per heavy atom. The van der Waals surface area contributed by atoms with Crippen LogP contribution >= 0.6 is 0 Å². The standard InChI is InChI=1S/C64H75BN2O/c1-38(2)40(4)41-20-26-46(27-21-41)66-54-32-39(3)33-55-58(54)65(57-48-35-45(62(11,12)13)25-29-56(48)68-59(57)66)51-36-49-50(64(16,17)31-30-63(49,14)15)37-53(51)67(55)52-28-24-44(61(8,9)10)34-47(52)42-18-22-43(23-19-42)60(5,6)7/h18-29,32-38,40H,30-31H2,1-17H3. The van der Waals surface area contributed by atoms with E-state index >= 15 is 0 Å². The second-order valence-corrected chi connectivity index (χ2v) is 25.8. The molecule has 3 aliphatic rings. The van der Waals surface area contributed by atoms with E-state index in [-0.39, 0.29) is 33.8 Å². The Hall–Kier alpha value is -5.48. The molecule has 0 fully saturated rings. The van der Waals surface area contributed by atoms with Gasteiger partial charge in [-0.15, -0.1) is 0 Å². The zero-order valence-corrected chi connectivity index (χ0v) is 44.3. The van der Waals surface area contributed by atoms with Crippen molar-refractivity contribution in [3.8, 4) is 11.1 Å². The molecule has 0 N–H and O–H groups in total. The average molecular weight is 899 g/mol. The van der Waals surface area contributed by atoms with Crippen LogP contribution in [0.2, 0.25) is 0 Å². The van der Waals surface area contributed by atoms with Gasteiger partial charge in [-0.1, -0.05) is 165 Å². The predicted molar refractivity (Wildman–Crippen MR) is 295 cm³/mol. The van der Waals surface area contributed by atoms with Crippen LogP contribution in [0.15, 0.2) is 114 Å². The maximum atomic E-state index is 7.31. The van der Waals surface area contributed by atoms with Crippen molar-refractivity contribution < 1.29 is 4.42 Å². The number of hydrogen-bond acceptors (Lipinski definition) is 3. The molecule has 0 amide bonds. The van der Waals surface area contributed by atoms with E-state index in [1.807, 2.05) is 0 Å². The quantitative estimate of drug-likeness (QED) is 0.161. The van der Waals surface area contributed by atoms with Gasteiger partial charge in [-0.05, 0) is 169 Å². The molecule has 68 heavy (non-hydrogen) atoms. The van der Waals surface area contributed by atoms with Gasteiger partial charge in [0.2, 0.25) is 5.88 Å². The second kappa shape index (κ2) is 15.5. The SMILES string of the molecule is Cc1cc2c3c(c1)N(c1ccc(C(C)C(C)C)cc1)c1oc4ccc(C(C)(C)C)cc4c1B3c1cc3c(cc1N2c1ccc(C(C)(C)C)cc1-c1ccc(C(C)(C)C)cc1)C(C)(C)CCC3(C)C. The summed E-state index contributed by atoms with van der Waals surface area (Å²) in [5, 5.41) is 1.20. The lowest BCUT2D eigenvalue weighted by molar-refractivity contribution is 0.332. The largest absolute Gasteiger partial charge is 0.440 e. The van der Waals surface area contributed by atoms with Crippen molar-refractivity contribution in [3.05, 3.63) is 148 Å². The molecule has 4 heteroatoms. The lowest BCUT2D eigenvalue weighted by atomic mass is 9.33. The van der Waals surface area contributed by atoms with Gasteiger partial charge < -0.3 is 9.32 Å². The van der Waals surface area contributed by atoms with Gasteiger partial charge in [0.1, 0.15) is 5.58 Å². The van der Waals surface area contributed by atoms with E-state index < -0.39 is 0 Å². The smallest absolute Gasteiger partial charge is 0.257 e. The average Bonchev–Trinajstić information content (AvgIpc) is 3.64. The number of rotatable bonds is 5. The van der Waals surface area contributed by atoms with E-state index in [0.717, 1.165) is 30.0 Å². The van der Waals surface area contributed by atoms with Crippen LogP contribution in [0.3, 0.4) is 0 Å². The second-order valence-electron chi connectivity index (χ2n) is 25.8. The molecule has 0 saturated carbocycles. The molecule has 1 aromatic heterocycles. The van der Waals surface area contributed by atoms with E-state index in [1.165, 1.54) is 94.6 Å². The maximum absolute atomic E-state index is 7.31. The fraction of sp³-hybridized carbons (Fsp3) is 0.406. The Bertz CT molecular complexity index is 3120. The van der Waals surface area contributed by atoms with Crippen LogP contribution in [0.25, 0.3) is 22.1 Å². The number of aryl methyl sites for hydroxylation is 1. The van der Waals surface area contributed by atoms with Crippen LogP contribution in [0.4, 0.5) is 34.3 Å². The van der Waals surface area contributed by atoms with E-state index in [9.17, 15) is 0 Å². The summed E-state index contributed by atoms with van der Waals surface area (Å²) < 4.78 is 7.31. The minimum absolute atomic E-state index is 0.0169. The summed E-state index contributed by atoms with van der Waals surface area (Å²) >= 11 is 0. The Labute approximate surface area is 409 Å². The molecule has 6 aromatic carbocycles. The van der Waals surface area contributed by atoms with Crippen LogP contribution in [0.5, 0.6) is 0 Å². The highest BCUT2D eigenvalue weighted by atomic mass is 16.4. The van der Waals surface area contributed by atoms with Crippen LogP contribution < -0.4 is 26.2 Å². The highest BCUT2D eigenvalue weighted by Crippen LogP contribution is 2.53. The van der Waals surface area contributed by atoms with E-state index in [0.29, 0.717) is 11.8 Å². The van der Waals surface area contributed by atoms with Crippen LogP contribution in [0.1, 0.15) is 168 Å². The molecular formula is C64H75BN2O. The monoisotopic (exact) mass is 899 g/mol. The van der Waals surface area contributed by atoms with Gasteiger partial charge in [0.15, 0.2) is 0 Å². The first kappa shape index (κ1) is 46.3. The fourth-order valence-corrected chi connectivity index (χ4v) is 11.6. The molecule has 0 spiro atoms. The van der Waals surface area contributed by atoms with E-state index in [1.54, 1.807) is 0 Å². The van der Waals surface area contributed by atoms with Crippen molar-refractivity contribution in [1.82, 2.24) is 0 Å². The molecule has 1 aliphatic carbocycles. The van der Waals surface area contributed by atoms with Crippen molar-refractivity contribution in [2.45, 2.75) is 164 Å². The molecule has 0 bridgehead atoms. The summed E-state index contributed by atoms with van der Waals surface area (Å²) in [6.07, 6.45) is 2.30.